The van der Waals surface area contributed by atoms with Gasteiger partial charge in [-0.1, -0.05) is 6.08 Å². The maximum Gasteiger partial charge on any atom is 0.319 e. The molecule has 0 unspecified atom stereocenters. The van der Waals surface area contributed by atoms with Crippen molar-refractivity contribution >= 4 is 11.9 Å². The van der Waals surface area contributed by atoms with Gasteiger partial charge >= 0.3 is 11.9 Å². The van der Waals surface area contributed by atoms with Crippen molar-refractivity contribution in [2.75, 3.05) is 13.4 Å². The zero-order valence-corrected chi connectivity index (χ0v) is 6.49. The van der Waals surface area contributed by atoms with Crippen molar-refractivity contribution in [2.24, 2.45) is 0 Å². The molecule has 0 aromatic heterocycles. The van der Waals surface area contributed by atoms with Gasteiger partial charge in [0.05, 0.1) is 6.61 Å². The Balaban J connectivity index is 3.31. The van der Waals surface area contributed by atoms with E-state index in [1.165, 1.54) is 6.08 Å². The zero-order valence-electron chi connectivity index (χ0n) is 6.49. The molecular formula is C7H10O5. The molecule has 0 fully saturated rings. The fourth-order valence-electron chi connectivity index (χ4n) is 0.413. The maximum atomic E-state index is 10.5. The molecule has 0 spiro atoms. The van der Waals surface area contributed by atoms with Crippen LogP contribution in [0.3, 0.4) is 0 Å². The highest BCUT2D eigenvalue weighted by atomic mass is 16.7. The normalized spacial score (nSPS) is 9.00. The summed E-state index contributed by atoms with van der Waals surface area (Å²) in [5, 5.41) is 8.13. The Hall–Kier alpha value is -1.36. The van der Waals surface area contributed by atoms with Crippen LogP contribution in [0.4, 0.5) is 0 Å². The quantitative estimate of drug-likeness (QED) is 0.204. The van der Waals surface area contributed by atoms with E-state index in [0.29, 0.717) is 0 Å². The second-order valence-corrected chi connectivity index (χ2v) is 1.86. The van der Waals surface area contributed by atoms with Crippen molar-refractivity contribution in [2.45, 2.75) is 6.42 Å². The van der Waals surface area contributed by atoms with Crippen molar-refractivity contribution in [3.8, 4) is 0 Å². The standard InChI is InChI=1S/C7H10O5/c1-2-3-11-5-12-7(10)4-6(8)9/h2H,1,3-5H2,(H,8,9). The van der Waals surface area contributed by atoms with Gasteiger partial charge in [0.15, 0.2) is 6.79 Å². The smallest absolute Gasteiger partial charge is 0.319 e. The molecular weight excluding hydrogens is 164 g/mol. The van der Waals surface area contributed by atoms with Gasteiger partial charge in [0, 0.05) is 0 Å². The molecule has 68 valence electrons. The van der Waals surface area contributed by atoms with Gasteiger partial charge in [0.1, 0.15) is 6.42 Å². The van der Waals surface area contributed by atoms with Crippen molar-refractivity contribution in [3.05, 3.63) is 12.7 Å². The van der Waals surface area contributed by atoms with Crippen LogP contribution in [0, 0.1) is 0 Å². The van der Waals surface area contributed by atoms with E-state index < -0.39 is 18.4 Å². The first-order chi connectivity index (χ1) is 5.66. The highest BCUT2D eigenvalue weighted by Crippen LogP contribution is 1.87. The first kappa shape index (κ1) is 10.6. The van der Waals surface area contributed by atoms with E-state index in [2.05, 4.69) is 16.1 Å². The van der Waals surface area contributed by atoms with E-state index in [4.69, 9.17) is 5.11 Å². The van der Waals surface area contributed by atoms with E-state index in [9.17, 15) is 9.59 Å². The van der Waals surface area contributed by atoms with E-state index in [0.717, 1.165) is 0 Å². The topological polar surface area (TPSA) is 72.8 Å². The van der Waals surface area contributed by atoms with Crippen molar-refractivity contribution in [1.29, 1.82) is 0 Å². The number of aliphatic carboxylic acids is 1. The molecule has 0 bridgehead atoms. The van der Waals surface area contributed by atoms with Crippen LogP contribution in [0.5, 0.6) is 0 Å². The Kier molecular flexibility index (Phi) is 5.64. The summed E-state index contributed by atoms with van der Waals surface area (Å²) in [6.07, 6.45) is 0.850. The maximum absolute atomic E-state index is 10.5. The van der Waals surface area contributed by atoms with Crippen molar-refractivity contribution in [1.82, 2.24) is 0 Å². The zero-order chi connectivity index (χ0) is 9.40. The Morgan fingerprint density at radius 2 is 2.17 bits per heavy atom. The van der Waals surface area contributed by atoms with E-state index in [-0.39, 0.29) is 13.4 Å². The predicted molar refractivity (Wildman–Crippen MR) is 39.4 cm³/mol. The van der Waals surface area contributed by atoms with Crippen LogP contribution in [0.15, 0.2) is 12.7 Å². The first-order valence-electron chi connectivity index (χ1n) is 3.23. The molecule has 0 aliphatic heterocycles. The minimum Gasteiger partial charge on any atom is -0.481 e. The molecule has 0 atom stereocenters. The van der Waals surface area contributed by atoms with Crippen LogP contribution in [-0.2, 0) is 19.1 Å². The average molecular weight is 174 g/mol. The van der Waals surface area contributed by atoms with Gasteiger partial charge in [-0.3, -0.25) is 9.59 Å². The molecule has 5 nitrogen and oxygen atoms in total. The molecule has 0 aromatic carbocycles. The number of carbonyl (C=O) groups is 2. The average Bonchev–Trinajstić information content (AvgIpc) is 1.97. The number of rotatable bonds is 6. The summed E-state index contributed by atoms with van der Waals surface area (Å²) in [5.74, 6) is -2.03. The molecule has 0 amide bonds. The third-order valence-corrected chi connectivity index (χ3v) is 0.835. The fraction of sp³-hybridized carbons (Fsp3) is 0.429. The minimum absolute atomic E-state index is 0.238. The van der Waals surface area contributed by atoms with Gasteiger partial charge in [-0.15, -0.1) is 6.58 Å². The summed E-state index contributed by atoms with van der Waals surface area (Å²) < 4.78 is 9.05. The van der Waals surface area contributed by atoms with E-state index >= 15 is 0 Å². The SMILES string of the molecule is C=CCOCOC(=O)CC(=O)O. The van der Waals surface area contributed by atoms with Crippen molar-refractivity contribution < 1.29 is 24.2 Å². The Morgan fingerprint density at radius 1 is 1.50 bits per heavy atom. The lowest BCUT2D eigenvalue weighted by atomic mass is 10.4. The molecule has 0 aliphatic rings. The summed E-state index contributed by atoms with van der Waals surface area (Å²) in [4.78, 5) is 20.4. The van der Waals surface area contributed by atoms with Crippen LogP contribution in [0.2, 0.25) is 0 Å². The second-order valence-electron chi connectivity index (χ2n) is 1.86. The van der Waals surface area contributed by atoms with Gasteiger partial charge in [-0.25, -0.2) is 0 Å². The summed E-state index contributed by atoms with van der Waals surface area (Å²) >= 11 is 0. The second kappa shape index (κ2) is 6.36. The highest BCUT2D eigenvalue weighted by Gasteiger charge is 2.07. The van der Waals surface area contributed by atoms with Crippen LogP contribution in [0.25, 0.3) is 0 Å². The summed E-state index contributed by atoms with van der Waals surface area (Å²) in [5.41, 5.74) is 0. The third-order valence-electron chi connectivity index (χ3n) is 0.835. The van der Waals surface area contributed by atoms with Gasteiger partial charge < -0.3 is 14.6 Å². The number of hydrogen-bond donors (Lipinski definition) is 1. The minimum atomic E-state index is -1.22. The lowest BCUT2D eigenvalue weighted by Gasteiger charge is -2.01. The van der Waals surface area contributed by atoms with Gasteiger partial charge in [0.25, 0.3) is 0 Å². The largest absolute Gasteiger partial charge is 0.481 e. The summed E-state index contributed by atoms with van der Waals surface area (Å²) in [7, 11) is 0. The van der Waals surface area contributed by atoms with Gasteiger partial charge in [-0.05, 0) is 0 Å². The molecule has 0 saturated carbocycles. The summed E-state index contributed by atoms with van der Waals surface area (Å²) in [6, 6.07) is 0. The molecule has 1 N–H and O–H groups in total. The Morgan fingerprint density at radius 3 is 2.67 bits per heavy atom. The van der Waals surface area contributed by atoms with E-state index in [1.54, 1.807) is 0 Å². The number of carboxylic acid groups (broad SMARTS) is 1. The molecule has 5 heteroatoms. The molecule has 0 aromatic rings. The molecule has 0 radical (unpaired) electrons. The predicted octanol–water partition coefficient (Wildman–Crippen LogP) is 0.164. The van der Waals surface area contributed by atoms with Crippen molar-refractivity contribution in [3.63, 3.8) is 0 Å². The molecule has 0 aliphatic carbocycles. The van der Waals surface area contributed by atoms with E-state index in [1.807, 2.05) is 0 Å². The Bertz CT molecular complexity index is 175. The third kappa shape index (κ3) is 6.76. The van der Waals surface area contributed by atoms with Gasteiger partial charge in [0.2, 0.25) is 0 Å². The molecule has 0 saturated heterocycles. The molecule has 0 rings (SSSR count). The Labute approximate surface area is 69.6 Å². The first-order valence-corrected chi connectivity index (χ1v) is 3.23. The van der Waals surface area contributed by atoms with Crippen LogP contribution >= 0.6 is 0 Å². The number of carbonyl (C=O) groups excluding carboxylic acids is 1. The molecule has 0 heterocycles. The van der Waals surface area contributed by atoms with Crippen LogP contribution in [-0.4, -0.2) is 30.4 Å². The number of esters is 1. The summed E-state index contributed by atoms with van der Waals surface area (Å²) in [6.45, 7) is 3.39. The number of carboxylic acids is 1. The lowest BCUT2D eigenvalue weighted by molar-refractivity contribution is -0.159. The van der Waals surface area contributed by atoms with Crippen LogP contribution < -0.4 is 0 Å². The molecule has 12 heavy (non-hydrogen) atoms. The van der Waals surface area contributed by atoms with Gasteiger partial charge in [-0.2, -0.15) is 0 Å². The monoisotopic (exact) mass is 174 g/mol. The fourth-order valence-corrected chi connectivity index (χ4v) is 0.413. The number of ether oxygens (including phenoxy) is 2. The number of hydrogen-bond acceptors (Lipinski definition) is 4. The highest BCUT2D eigenvalue weighted by molar-refractivity contribution is 5.89. The lowest BCUT2D eigenvalue weighted by Crippen LogP contribution is -2.12. The van der Waals surface area contributed by atoms with Crippen LogP contribution in [0.1, 0.15) is 6.42 Å².